The van der Waals surface area contributed by atoms with E-state index in [1.165, 1.54) is 12.0 Å². The largest absolute Gasteiger partial charge is 0.388 e. The molecule has 1 N–H and O–H groups in total. The van der Waals surface area contributed by atoms with Gasteiger partial charge in [0.2, 0.25) is 0 Å². The number of piperidine rings is 1. The molecule has 2 aliphatic carbocycles. The maximum Gasteiger partial charge on any atom is 0.0819 e. The monoisotopic (exact) mass is 409 g/mol. The molecule has 3 aromatic carbocycles. The van der Waals surface area contributed by atoms with Crippen molar-refractivity contribution in [1.29, 1.82) is 0 Å². The molecule has 1 fully saturated rings. The Kier molecular flexibility index (Phi) is 4.55. The van der Waals surface area contributed by atoms with Gasteiger partial charge in [-0.3, -0.25) is 0 Å². The Morgan fingerprint density at radius 3 is 2.19 bits per heavy atom. The predicted octanol–water partition coefficient (Wildman–Crippen LogP) is 5.58. The van der Waals surface area contributed by atoms with Crippen LogP contribution in [0.1, 0.15) is 64.7 Å². The molecule has 6 rings (SSSR count). The number of fused-ring (bicyclic) bond motifs is 8. The van der Waals surface area contributed by atoms with Crippen LogP contribution in [-0.2, 0) is 5.41 Å². The van der Waals surface area contributed by atoms with E-state index < -0.39 is 0 Å². The minimum atomic E-state index is -0.344. The summed E-state index contributed by atoms with van der Waals surface area (Å²) in [6.45, 7) is 5.35. The van der Waals surface area contributed by atoms with Crippen molar-refractivity contribution in [3.05, 3.63) is 106 Å². The second kappa shape index (κ2) is 7.32. The normalized spacial score (nSPS) is 25.9. The highest BCUT2D eigenvalue weighted by atomic mass is 16.3. The zero-order valence-corrected chi connectivity index (χ0v) is 18.3. The molecule has 158 valence electrons. The van der Waals surface area contributed by atoms with Crippen molar-refractivity contribution in [2.45, 2.75) is 43.6 Å². The molecule has 0 saturated carbocycles. The number of aryl methyl sites for hydroxylation is 1. The van der Waals surface area contributed by atoms with Crippen molar-refractivity contribution in [2.24, 2.45) is 5.92 Å². The van der Waals surface area contributed by atoms with E-state index in [1.54, 1.807) is 22.3 Å². The zero-order valence-electron chi connectivity index (χ0n) is 18.3. The van der Waals surface area contributed by atoms with Crippen LogP contribution >= 0.6 is 0 Å². The topological polar surface area (TPSA) is 23.5 Å². The molecule has 1 heterocycles. The van der Waals surface area contributed by atoms with Crippen LogP contribution in [0.15, 0.2) is 72.8 Å². The second-order valence-electron chi connectivity index (χ2n) is 9.99. The number of likely N-dealkylation sites (tertiary alicyclic amines) is 1. The number of rotatable bonds is 4. The maximum atomic E-state index is 11.0. The van der Waals surface area contributed by atoms with E-state index in [-0.39, 0.29) is 11.5 Å². The molecular weight excluding hydrogens is 378 g/mol. The fraction of sp³-hybridized carbons (Fsp3) is 0.379. The predicted molar refractivity (Wildman–Crippen MR) is 125 cm³/mol. The van der Waals surface area contributed by atoms with Crippen molar-refractivity contribution in [2.75, 3.05) is 19.6 Å². The van der Waals surface area contributed by atoms with Gasteiger partial charge in [0.15, 0.2) is 0 Å². The van der Waals surface area contributed by atoms with Crippen LogP contribution < -0.4 is 0 Å². The average molecular weight is 410 g/mol. The van der Waals surface area contributed by atoms with Gasteiger partial charge < -0.3 is 10.0 Å². The SMILES string of the molecule is Cc1cccc([C@@H](O)C2CCN(CC34CC(c5ccccc53)c3ccccc34)CC2)c1. The summed E-state index contributed by atoms with van der Waals surface area (Å²) in [6, 6.07) is 26.7. The van der Waals surface area contributed by atoms with E-state index in [0.717, 1.165) is 38.0 Å². The molecule has 1 saturated heterocycles. The lowest BCUT2D eigenvalue weighted by Gasteiger charge is -2.40. The van der Waals surface area contributed by atoms with Crippen LogP contribution in [0, 0.1) is 12.8 Å². The van der Waals surface area contributed by atoms with Gasteiger partial charge in [0.25, 0.3) is 0 Å². The lowest BCUT2D eigenvalue weighted by molar-refractivity contribution is 0.0540. The number of hydrogen-bond acceptors (Lipinski definition) is 2. The van der Waals surface area contributed by atoms with Gasteiger partial charge in [0.05, 0.1) is 6.10 Å². The molecule has 31 heavy (non-hydrogen) atoms. The standard InChI is InChI=1S/C29H31NO/c1-20-7-6-8-22(17-20)28(31)21-13-15-30(16-14-21)19-29-18-25(23-9-2-4-11-26(23)29)24-10-3-5-12-27(24)29/h2-12,17,21,25,28,31H,13-16,18-19H2,1H3/t25?,28-,29?/m0/s1. The van der Waals surface area contributed by atoms with E-state index in [2.05, 4.69) is 84.6 Å². The van der Waals surface area contributed by atoms with Gasteiger partial charge in [0.1, 0.15) is 0 Å². The van der Waals surface area contributed by atoms with Gasteiger partial charge >= 0.3 is 0 Å². The fourth-order valence-corrected chi connectivity index (χ4v) is 6.74. The van der Waals surface area contributed by atoms with Gasteiger partial charge in [-0.25, -0.2) is 0 Å². The van der Waals surface area contributed by atoms with Crippen LogP contribution in [0.3, 0.4) is 0 Å². The molecule has 0 radical (unpaired) electrons. The molecule has 3 aromatic rings. The van der Waals surface area contributed by atoms with E-state index in [0.29, 0.717) is 11.8 Å². The smallest absolute Gasteiger partial charge is 0.0819 e. The van der Waals surface area contributed by atoms with E-state index in [9.17, 15) is 5.11 Å². The van der Waals surface area contributed by atoms with E-state index in [4.69, 9.17) is 0 Å². The molecule has 0 unspecified atom stereocenters. The van der Waals surface area contributed by atoms with Crippen LogP contribution in [0.4, 0.5) is 0 Å². The van der Waals surface area contributed by atoms with Crippen molar-refractivity contribution in [3.63, 3.8) is 0 Å². The van der Waals surface area contributed by atoms with Gasteiger partial charge in [-0.1, -0.05) is 78.4 Å². The Bertz CT molecular complexity index is 1060. The minimum absolute atomic E-state index is 0.139. The highest BCUT2D eigenvalue weighted by Gasteiger charge is 2.53. The molecule has 2 nitrogen and oxygen atoms in total. The summed E-state index contributed by atoms with van der Waals surface area (Å²) in [6.07, 6.45) is 3.01. The first-order chi connectivity index (χ1) is 15.2. The highest BCUT2D eigenvalue weighted by molar-refractivity contribution is 5.62. The summed E-state index contributed by atoms with van der Waals surface area (Å²) in [7, 11) is 0. The molecule has 2 heteroatoms. The Balaban J connectivity index is 1.22. The molecule has 1 aliphatic heterocycles. The minimum Gasteiger partial charge on any atom is -0.388 e. The Hall–Kier alpha value is -2.42. The number of benzene rings is 3. The third-order valence-corrected chi connectivity index (χ3v) is 8.21. The van der Waals surface area contributed by atoms with E-state index in [1.807, 2.05) is 0 Å². The number of hydrogen-bond donors (Lipinski definition) is 1. The molecule has 3 aliphatic rings. The Labute approximate surface area is 185 Å². The van der Waals surface area contributed by atoms with Crippen molar-refractivity contribution in [1.82, 2.24) is 4.90 Å². The first kappa shape index (κ1) is 19.3. The van der Waals surface area contributed by atoms with Gasteiger partial charge in [-0.15, -0.1) is 0 Å². The van der Waals surface area contributed by atoms with E-state index >= 15 is 0 Å². The summed E-state index contributed by atoms with van der Waals surface area (Å²) in [5, 5.41) is 11.0. The lowest BCUT2D eigenvalue weighted by atomic mass is 9.74. The fourth-order valence-electron chi connectivity index (χ4n) is 6.74. The Morgan fingerprint density at radius 2 is 1.55 bits per heavy atom. The summed E-state index contributed by atoms with van der Waals surface area (Å²) in [5.41, 5.74) is 8.65. The first-order valence-electron chi connectivity index (χ1n) is 11.8. The Morgan fingerprint density at radius 1 is 0.903 bits per heavy atom. The summed E-state index contributed by atoms with van der Waals surface area (Å²) >= 11 is 0. The van der Waals surface area contributed by atoms with Crippen LogP contribution in [-0.4, -0.2) is 29.6 Å². The van der Waals surface area contributed by atoms with Crippen molar-refractivity contribution < 1.29 is 5.11 Å². The maximum absolute atomic E-state index is 11.0. The molecule has 0 aromatic heterocycles. The van der Waals surface area contributed by atoms with Crippen molar-refractivity contribution >= 4 is 0 Å². The first-order valence-corrected chi connectivity index (χ1v) is 11.8. The van der Waals surface area contributed by atoms with Gasteiger partial charge in [0, 0.05) is 17.9 Å². The van der Waals surface area contributed by atoms with Gasteiger partial charge in [-0.2, -0.15) is 0 Å². The summed E-state index contributed by atoms with van der Waals surface area (Å²) in [5.74, 6) is 0.920. The summed E-state index contributed by atoms with van der Waals surface area (Å²) < 4.78 is 0. The van der Waals surface area contributed by atoms with Gasteiger partial charge in [-0.05, 0) is 73.0 Å². The number of aliphatic hydroxyl groups is 1. The third kappa shape index (κ3) is 3.00. The number of nitrogens with zero attached hydrogens (tertiary/aromatic N) is 1. The third-order valence-electron chi connectivity index (χ3n) is 8.21. The molecule has 2 bridgehead atoms. The summed E-state index contributed by atoms with van der Waals surface area (Å²) in [4.78, 5) is 2.67. The van der Waals surface area contributed by atoms with Crippen LogP contribution in [0.2, 0.25) is 0 Å². The second-order valence-corrected chi connectivity index (χ2v) is 9.99. The molecular formula is C29H31NO. The quantitative estimate of drug-likeness (QED) is 0.608. The zero-order chi connectivity index (χ0) is 21.0. The average Bonchev–Trinajstić information content (AvgIpc) is 3.31. The molecule has 0 spiro atoms. The number of aliphatic hydroxyl groups excluding tert-OH is 1. The molecule has 0 amide bonds. The van der Waals surface area contributed by atoms with Crippen molar-refractivity contribution in [3.8, 4) is 0 Å². The van der Waals surface area contributed by atoms with Crippen LogP contribution in [0.5, 0.6) is 0 Å². The highest BCUT2D eigenvalue weighted by Crippen LogP contribution is 2.60. The molecule has 1 atom stereocenters. The lowest BCUT2D eigenvalue weighted by Crippen LogP contribution is -2.44. The van der Waals surface area contributed by atoms with Crippen LogP contribution in [0.25, 0.3) is 0 Å².